The van der Waals surface area contributed by atoms with Crippen LogP contribution in [0.3, 0.4) is 0 Å². The summed E-state index contributed by atoms with van der Waals surface area (Å²) < 4.78 is 7.43. The molecule has 0 aromatic heterocycles. The molecule has 1 aromatic carbocycles. The molecule has 9 nitrogen and oxygen atoms in total. The van der Waals surface area contributed by atoms with E-state index in [9.17, 15) is 9.59 Å². The molecule has 4 aliphatic heterocycles. The van der Waals surface area contributed by atoms with Crippen LogP contribution in [0.2, 0.25) is 0 Å². The van der Waals surface area contributed by atoms with Crippen molar-refractivity contribution in [2.45, 2.75) is 19.9 Å². The van der Waals surface area contributed by atoms with Crippen molar-refractivity contribution in [3.05, 3.63) is 29.3 Å². The Bertz CT molecular complexity index is 997. The van der Waals surface area contributed by atoms with Gasteiger partial charge in [0.25, 0.3) is 5.91 Å². The fraction of sp³-hybridized carbons (Fsp3) is 0.545. The molecule has 2 saturated heterocycles. The molecule has 0 saturated carbocycles. The molecule has 4 aliphatic rings. The number of carbonyl (C=O) groups is 2. The Morgan fingerprint density at radius 3 is 2.65 bits per heavy atom. The summed E-state index contributed by atoms with van der Waals surface area (Å²) in [5.41, 5.74) is 3.48. The minimum absolute atomic E-state index is 0.174. The zero-order valence-electron chi connectivity index (χ0n) is 18.4. The fourth-order valence-electron chi connectivity index (χ4n) is 4.87. The van der Waals surface area contributed by atoms with Crippen LogP contribution in [0.25, 0.3) is 0 Å². The van der Waals surface area contributed by atoms with E-state index in [-0.39, 0.29) is 11.9 Å². The van der Waals surface area contributed by atoms with Crippen molar-refractivity contribution in [1.29, 1.82) is 0 Å². The van der Waals surface area contributed by atoms with Gasteiger partial charge in [0.05, 0.1) is 19.8 Å². The van der Waals surface area contributed by atoms with Gasteiger partial charge in [0.2, 0.25) is 11.9 Å². The van der Waals surface area contributed by atoms with Gasteiger partial charge < -0.3 is 4.74 Å². The van der Waals surface area contributed by atoms with Crippen molar-refractivity contribution in [2.24, 2.45) is 4.99 Å². The van der Waals surface area contributed by atoms with E-state index in [1.165, 1.54) is 20.9 Å². The lowest BCUT2D eigenvalue weighted by Gasteiger charge is -2.35. The van der Waals surface area contributed by atoms with E-state index in [4.69, 9.17) is 9.73 Å². The van der Waals surface area contributed by atoms with E-state index >= 15 is 0 Å². The molecule has 164 valence electrons. The summed E-state index contributed by atoms with van der Waals surface area (Å²) in [4.78, 5) is 38.5. The van der Waals surface area contributed by atoms with Gasteiger partial charge in [-0.1, -0.05) is 22.7 Å². The second-order valence-corrected chi connectivity index (χ2v) is 8.59. The highest BCUT2D eigenvalue weighted by molar-refractivity contribution is 6.24. The minimum atomic E-state index is -0.529. The Kier molecular flexibility index (Phi) is 5.02. The summed E-state index contributed by atoms with van der Waals surface area (Å²) in [5.74, 6) is 1.12. The molecule has 9 heteroatoms. The lowest BCUT2D eigenvalue weighted by molar-refractivity contribution is -0.525. The normalized spacial score (nSPS) is 24.2. The molecule has 1 aromatic rings. The molecule has 1 unspecified atom stereocenters. The Hall–Kier alpha value is -2.78. The number of hydrogen-bond donors (Lipinski definition) is 0. The van der Waals surface area contributed by atoms with E-state index in [1.54, 1.807) is 7.05 Å². The number of morpholine rings is 1. The number of benzene rings is 1. The summed E-state index contributed by atoms with van der Waals surface area (Å²) in [6.07, 6.45) is 0. The van der Waals surface area contributed by atoms with Crippen molar-refractivity contribution < 1.29 is 18.9 Å². The first-order valence-electron chi connectivity index (χ1n) is 10.9. The molecule has 0 radical (unpaired) electrons. The van der Waals surface area contributed by atoms with Gasteiger partial charge in [0.1, 0.15) is 12.2 Å². The Balaban J connectivity index is 1.40. The van der Waals surface area contributed by atoms with E-state index in [0.717, 1.165) is 31.3 Å². The summed E-state index contributed by atoms with van der Waals surface area (Å²) in [5, 5.41) is 0. The number of fused-ring (bicyclic) bond motifs is 2. The first-order valence-corrected chi connectivity index (χ1v) is 10.9. The predicted octanol–water partition coefficient (Wildman–Crippen LogP) is 0.499. The molecular formula is C22H29N6O3+. The molecule has 0 N–H and O–H groups in total. The van der Waals surface area contributed by atoms with Gasteiger partial charge >= 0.3 is 12.0 Å². The fourth-order valence-corrected chi connectivity index (χ4v) is 4.87. The maximum absolute atomic E-state index is 13.4. The SMILES string of the molecule is Cc1ccc(N2CC[N+]3=C2N=C2C3C(=O)N(CCN3CCOCC3)C(=O)N2C)c(C)c1. The van der Waals surface area contributed by atoms with Gasteiger partial charge in [0.15, 0.2) is 0 Å². The number of amides is 3. The Labute approximate surface area is 182 Å². The number of ether oxygens (including phenoxy) is 1. The molecule has 4 heterocycles. The molecule has 0 spiro atoms. The second kappa shape index (κ2) is 7.72. The summed E-state index contributed by atoms with van der Waals surface area (Å²) in [6, 6.07) is 5.53. The van der Waals surface area contributed by atoms with E-state index in [0.29, 0.717) is 38.7 Å². The van der Waals surface area contributed by atoms with Gasteiger partial charge in [-0.3, -0.25) is 19.5 Å². The number of nitrogens with zero attached hydrogens (tertiary/aromatic N) is 6. The molecule has 0 aliphatic carbocycles. The van der Waals surface area contributed by atoms with Crippen molar-refractivity contribution in [3.8, 4) is 0 Å². The number of carbonyl (C=O) groups excluding carboxylic acids is 2. The standard InChI is InChI=1S/C22H29N6O3/c1-15-4-5-17(16(2)14-15)26-8-9-27-18-19(23-21(26)27)24(3)22(30)28(20(18)29)7-6-25-10-12-31-13-11-25/h4-5,14,18H,6-13H2,1-3H3/q+1. The van der Waals surface area contributed by atoms with Crippen molar-refractivity contribution in [1.82, 2.24) is 14.7 Å². The van der Waals surface area contributed by atoms with Crippen LogP contribution in [-0.2, 0) is 9.53 Å². The van der Waals surface area contributed by atoms with Crippen LogP contribution in [0, 0.1) is 13.8 Å². The molecule has 2 fully saturated rings. The molecule has 3 amide bonds. The van der Waals surface area contributed by atoms with Gasteiger partial charge in [-0.15, -0.1) is 0 Å². The highest BCUT2D eigenvalue weighted by Gasteiger charge is 2.55. The largest absolute Gasteiger partial charge is 0.397 e. The van der Waals surface area contributed by atoms with Crippen molar-refractivity contribution in [2.75, 3.05) is 64.4 Å². The third-order valence-electron chi connectivity index (χ3n) is 6.58. The Morgan fingerprint density at radius 2 is 1.90 bits per heavy atom. The smallest absolute Gasteiger partial charge is 0.379 e. The van der Waals surface area contributed by atoms with Crippen LogP contribution in [0.4, 0.5) is 10.5 Å². The highest BCUT2D eigenvalue weighted by atomic mass is 16.5. The van der Waals surface area contributed by atoms with E-state index in [1.807, 2.05) is 4.58 Å². The quantitative estimate of drug-likeness (QED) is 0.657. The van der Waals surface area contributed by atoms with Crippen LogP contribution >= 0.6 is 0 Å². The van der Waals surface area contributed by atoms with Gasteiger partial charge in [0, 0.05) is 33.2 Å². The highest BCUT2D eigenvalue weighted by Crippen LogP contribution is 2.29. The number of guanidine groups is 1. The number of likely N-dealkylation sites (N-methyl/N-ethyl adjacent to an activating group) is 1. The number of hydrogen-bond acceptors (Lipinski definition) is 6. The predicted molar refractivity (Wildman–Crippen MR) is 117 cm³/mol. The van der Waals surface area contributed by atoms with Crippen LogP contribution in [0.1, 0.15) is 11.1 Å². The maximum Gasteiger partial charge on any atom is 0.397 e. The van der Waals surface area contributed by atoms with Crippen LogP contribution in [-0.4, -0.2) is 109 Å². The van der Waals surface area contributed by atoms with Crippen molar-refractivity contribution in [3.63, 3.8) is 0 Å². The number of urea groups is 1. The topological polar surface area (TPSA) is 71.7 Å². The molecule has 5 rings (SSSR count). The number of aryl methyl sites for hydroxylation is 2. The third kappa shape index (κ3) is 3.32. The van der Waals surface area contributed by atoms with Gasteiger partial charge in [-0.2, -0.15) is 0 Å². The molecule has 31 heavy (non-hydrogen) atoms. The van der Waals surface area contributed by atoms with E-state index < -0.39 is 6.04 Å². The van der Waals surface area contributed by atoms with Gasteiger partial charge in [-0.25, -0.2) is 14.3 Å². The average Bonchev–Trinajstić information content (AvgIpc) is 3.33. The van der Waals surface area contributed by atoms with Crippen LogP contribution < -0.4 is 4.90 Å². The first kappa shape index (κ1) is 20.1. The molecule has 0 bridgehead atoms. The first-order chi connectivity index (χ1) is 15.0. The molecule has 1 atom stereocenters. The number of imide groups is 1. The minimum Gasteiger partial charge on any atom is -0.379 e. The van der Waals surface area contributed by atoms with Gasteiger partial charge in [-0.05, 0) is 25.5 Å². The zero-order valence-corrected chi connectivity index (χ0v) is 18.4. The summed E-state index contributed by atoms with van der Waals surface area (Å²) in [7, 11) is 1.71. The number of anilines is 1. The van der Waals surface area contributed by atoms with Crippen LogP contribution in [0.5, 0.6) is 0 Å². The number of aliphatic imine (C=N–C) groups is 1. The third-order valence-corrected chi connectivity index (χ3v) is 6.58. The van der Waals surface area contributed by atoms with Crippen LogP contribution in [0.15, 0.2) is 23.2 Å². The maximum atomic E-state index is 13.4. The Morgan fingerprint density at radius 1 is 1.13 bits per heavy atom. The molecular weight excluding hydrogens is 396 g/mol. The number of rotatable bonds is 4. The van der Waals surface area contributed by atoms with Crippen molar-refractivity contribution >= 4 is 29.4 Å². The summed E-state index contributed by atoms with van der Waals surface area (Å²) in [6.45, 7) is 9.74. The lowest BCUT2D eigenvalue weighted by Crippen LogP contribution is -2.63. The monoisotopic (exact) mass is 425 g/mol. The average molecular weight is 426 g/mol. The zero-order chi connectivity index (χ0) is 21.7. The second-order valence-electron chi connectivity index (χ2n) is 8.59. The van der Waals surface area contributed by atoms with E-state index in [2.05, 4.69) is 41.8 Å². The summed E-state index contributed by atoms with van der Waals surface area (Å²) >= 11 is 0. The number of amidine groups is 1. The lowest BCUT2D eigenvalue weighted by atomic mass is 10.1.